The second-order valence-electron chi connectivity index (χ2n) is 4.20. The van der Waals surface area contributed by atoms with Crippen LogP contribution in [0.4, 0.5) is 5.69 Å². The summed E-state index contributed by atoms with van der Waals surface area (Å²) in [6.45, 7) is 1.75. The van der Waals surface area contributed by atoms with Crippen molar-refractivity contribution in [3.05, 3.63) is 55.2 Å². The monoisotopic (exact) mass is 325 g/mol. The van der Waals surface area contributed by atoms with Crippen molar-refractivity contribution in [2.24, 2.45) is 0 Å². The largest absolute Gasteiger partial charge is 0.478 e. The molecule has 0 aliphatic rings. The Kier molecular flexibility index (Phi) is 4.93. The number of nitrogens with zero attached hydrogens (tertiary/aromatic N) is 1. The molecule has 0 amide bonds. The summed E-state index contributed by atoms with van der Waals surface area (Å²) in [4.78, 5) is 24.0. The Morgan fingerprint density at radius 2 is 2.14 bits per heavy atom. The molecule has 110 valence electrons. The number of nitro groups is 1. The van der Waals surface area contributed by atoms with Gasteiger partial charge in [-0.25, -0.2) is 0 Å². The Balaban J connectivity index is 2.10. The van der Waals surface area contributed by atoms with Crippen LogP contribution in [0.1, 0.15) is 21.5 Å². The average molecular weight is 326 g/mol. The zero-order valence-corrected chi connectivity index (χ0v) is 12.7. The number of hydrogen-bond acceptors (Lipinski definition) is 5. The van der Waals surface area contributed by atoms with Crippen molar-refractivity contribution in [3.63, 3.8) is 0 Å². The lowest BCUT2D eigenvalue weighted by Crippen LogP contribution is -2.11. The number of benzene rings is 1. The fourth-order valence-corrected chi connectivity index (χ4v) is 2.72. The third kappa shape index (κ3) is 3.80. The molecule has 0 bridgehead atoms. The highest BCUT2D eigenvalue weighted by Crippen LogP contribution is 2.30. The zero-order chi connectivity index (χ0) is 15.4. The number of carbonyl (C=O) groups excluding carboxylic acids is 1. The molecule has 0 aliphatic heterocycles. The molecule has 1 aromatic carbocycles. The third-order valence-corrected chi connectivity index (χ3v) is 4.27. The van der Waals surface area contributed by atoms with Crippen molar-refractivity contribution in [2.75, 3.05) is 6.61 Å². The number of thiophene rings is 1. The molecular weight excluding hydrogens is 314 g/mol. The summed E-state index contributed by atoms with van der Waals surface area (Å²) in [5.74, 6) is -0.220. The molecular formula is C14H12ClNO4S. The van der Waals surface area contributed by atoms with Crippen molar-refractivity contribution in [1.82, 2.24) is 0 Å². The molecule has 5 nitrogen and oxygen atoms in total. The van der Waals surface area contributed by atoms with Gasteiger partial charge >= 0.3 is 5.69 Å². The molecule has 0 radical (unpaired) electrons. The number of ether oxygens (including phenoxy) is 1. The standard InChI is InChI=1S/C14H12ClNO4S/c1-2-10-4-6-14(21-10)12(17)8-20-13-7-9(15)3-5-11(13)16(18)19/h3-7H,2,8H2,1H3. The van der Waals surface area contributed by atoms with Gasteiger partial charge in [0.2, 0.25) is 5.78 Å². The van der Waals surface area contributed by atoms with E-state index in [1.54, 1.807) is 6.07 Å². The summed E-state index contributed by atoms with van der Waals surface area (Å²) in [6, 6.07) is 7.61. The Labute approximate surface area is 130 Å². The summed E-state index contributed by atoms with van der Waals surface area (Å²) in [5, 5.41) is 11.2. The molecule has 2 aromatic rings. The summed E-state index contributed by atoms with van der Waals surface area (Å²) in [5.41, 5.74) is -0.215. The molecule has 0 aliphatic carbocycles. The van der Waals surface area contributed by atoms with Gasteiger partial charge in [0.05, 0.1) is 9.80 Å². The van der Waals surface area contributed by atoms with E-state index in [2.05, 4.69) is 0 Å². The molecule has 0 fully saturated rings. The van der Waals surface area contributed by atoms with E-state index in [9.17, 15) is 14.9 Å². The lowest BCUT2D eigenvalue weighted by Gasteiger charge is -2.05. The van der Waals surface area contributed by atoms with Crippen LogP contribution in [0.25, 0.3) is 0 Å². The van der Waals surface area contributed by atoms with Crippen LogP contribution in [-0.2, 0) is 6.42 Å². The number of carbonyl (C=O) groups is 1. The van der Waals surface area contributed by atoms with E-state index in [1.807, 2.05) is 13.0 Å². The van der Waals surface area contributed by atoms with E-state index in [-0.39, 0.29) is 23.8 Å². The van der Waals surface area contributed by atoms with Crippen molar-refractivity contribution in [2.45, 2.75) is 13.3 Å². The van der Waals surface area contributed by atoms with E-state index in [1.165, 1.54) is 29.5 Å². The number of aryl methyl sites for hydroxylation is 1. The van der Waals surface area contributed by atoms with Gasteiger partial charge in [-0.15, -0.1) is 11.3 Å². The van der Waals surface area contributed by atoms with Crippen LogP contribution < -0.4 is 4.74 Å². The van der Waals surface area contributed by atoms with E-state index in [0.717, 1.165) is 11.3 Å². The van der Waals surface area contributed by atoms with Gasteiger partial charge in [-0.1, -0.05) is 18.5 Å². The Morgan fingerprint density at radius 1 is 1.38 bits per heavy atom. The predicted octanol–water partition coefficient (Wildman–Crippen LogP) is 4.13. The summed E-state index contributed by atoms with van der Waals surface area (Å²) in [6.07, 6.45) is 0.860. The van der Waals surface area contributed by atoms with E-state index >= 15 is 0 Å². The molecule has 1 aromatic heterocycles. The number of ketones is 1. The number of Topliss-reactive ketones (excluding diaryl/α,β-unsaturated/α-hetero) is 1. The molecule has 1 heterocycles. The molecule has 0 saturated heterocycles. The highest BCUT2D eigenvalue weighted by Gasteiger charge is 2.17. The SMILES string of the molecule is CCc1ccc(C(=O)COc2cc(Cl)ccc2[N+](=O)[O-])s1. The second-order valence-corrected chi connectivity index (χ2v) is 5.81. The first-order valence-corrected chi connectivity index (χ1v) is 7.39. The van der Waals surface area contributed by atoms with Gasteiger partial charge < -0.3 is 4.74 Å². The lowest BCUT2D eigenvalue weighted by atomic mass is 10.3. The maximum atomic E-state index is 12.0. The molecule has 0 N–H and O–H groups in total. The predicted molar refractivity (Wildman–Crippen MR) is 81.6 cm³/mol. The Morgan fingerprint density at radius 3 is 2.76 bits per heavy atom. The maximum Gasteiger partial charge on any atom is 0.311 e. The van der Waals surface area contributed by atoms with Crippen LogP contribution in [0.5, 0.6) is 5.75 Å². The fraction of sp³-hybridized carbons (Fsp3) is 0.214. The molecule has 0 atom stereocenters. The van der Waals surface area contributed by atoms with Gasteiger partial charge in [0.25, 0.3) is 0 Å². The molecule has 7 heteroatoms. The minimum atomic E-state index is -0.573. The number of halogens is 1. The van der Waals surface area contributed by atoms with E-state index in [4.69, 9.17) is 16.3 Å². The summed E-state index contributed by atoms with van der Waals surface area (Å²) >= 11 is 7.19. The second kappa shape index (κ2) is 6.69. The van der Waals surface area contributed by atoms with Gasteiger partial charge in [0.1, 0.15) is 0 Å². The molecule has 0 saturated carbocycles. The Hall–Kier alpha value is -1.92. The lowest BCUT2D eigenvalue weighted by molar-refractivity contribution is -0.385. The topological polar surface area (TPSA) is 69.4 Å². The first-order valence-electron chi connectivity index (χ1n) is 6.20. The van der Waals surface area contributed by atoms with Crippen molar-refractivity contribution in [3.8, 4) is 5.75 Å². The average Bonchev–Trinajstić information content (AvgIpc) is 2.93. The van der Waals surface area contributed by atoms with E-state index < -0.39 is 4.92 Å². The molecule has 21 heavy (non-hydrogen) atoms. The van der Waals surface area contributed by atoms with Crippen molar-refractivity contribution < 1.29 is 14.5 Å². The zero-order valence-electron chi connectivity index (χ0n) is 11.2. The van der Waals surface area contributed by atoms with Crippen LogP contribution in [0, 0.1) is 10.1 Å². The van der Waals surface area contributed by atoms with Crippen molar-refractivity contribution >= 4 is 34.4 Å². The third-order valence-electron chi connectivity index (χ3n) is 2.76. The van der Waals surface area contributed by atoms with Gasteiger partial charge in [-0.3, -0.25) is 14.9 Å². The van der Waals surface area contributed by atoms with E-state index in [0.29, 0.717) is 9.90 Å². The van der Waals surface area contributed by atoms with Gasteiger partial charge in [-0.2, -0.15) is 0 Å². The molecule has 0 unspecified atom stereocenters. The molecule has 2 rings (SSSR count). The van der Waals surface area contributed by atoms with Crippen LogP contribution in [0.15, 0.2) is 30.3 Å². The number of hydrogen-bond donors (Lipinski definition) is 0. The van der Waals surface area contributed by atoms with Crippen LogP contribution in [-0.4, -0.2) is 17.3 Å². The van der Waals surface area contributed by atoms with Crippen LogP contribution in [0.2, 0.25) is 5.02 Å². The first-order chi connectivity index (χ1) is 10.0. The normalized spacial score (nSPS) is 10.4. The minimum absolute atomic E-state index is 0.00637. The molecule has 0 spiro atoms. The highest BCUT2D eigenvalue weighted by molar-refractivity contribution is 7.14. The highest BCUT2D eigenvalue weighted by atomic mass is 35.5. The van der Waals surface area contributed by atoms with Crippen LogP contribution >= 0.6 is 22.9 Å². The fourth-order valence-electron chi connectivity index (χ4n) is 1.69. The quantitative estimate of drug-likeness (QED) is 0.455. The number of nitro benzene ring substituents is 1. The smallest absolute Gasteiger partial charge is 0.311 e. The minimum Gasteiger partial charge on any atom is -0.478 e. The van der Waals surface area contributed by atoms with Crippen molar-refractivity contribution in [1.29, 1.82) is 0 Å². The Bertz CT molecular complexity index is 683. The van der Waals surface area contributed by atoms with Gasteiger partial charge in [-0.05, 0) is 24.6 Å². The van der Waals surface area contributed by atoms with Crippen LogP contribution in [0.3, 0.4) is 0 Å². The summed E-state index contributed by atoms with van der Waals surface area (Å²) in [7, 11) is 0. The first kappa shape index (κ1) is 15.5. The van der Waals surface area contributed by atoms with Gasteiger partial charge in [0.15, 0.2) is 12.4 Å². The maximum absolute atomic E-state index is 12.0. The summed E-state index contributed by atoms with van der Waals surface area (Å²) < 4.78 is 5.27. The number of rotatable bonds is 6. The van der Waals surface area contributed by atoms with Gasteiger partial charge in [0, 0.05) is 22.0 Å².